The van der Waals surface area contributed by atoms with Crippen LogP contribution < -0.4 is 42.0 Å². The number of ether oxygens (including phenoxy) is 5. The van der Waals surface area contributed by atoms with E-state index in [9.17, 15) is 92.3 Å². The van der Waals surface area contributed by atoms with E-state index in [-0.39, 0.29) is 80.5 Å². The van der Waals surface area contributed by atoms with Crippen LogP contribution in [0.2, 0.25) is 0 Å². The molecule has 9 rings (SSSR count). The minimum atomic E-state index is -2.12. The zero-order valence-corrected chi connectivity index (χ0v) is 86.7. The molecule has 0 fully saturated rings. The summed E-state index contributed by atoms with van der Waals surface area (Å²) >= 11 is 0. The fraction of sp³-hybridized carbons (Fsp3) is 0.491. The Morgan fingerprint density at radius 1 is 0.567 bits per heavy atom. The van der Waals surface area contributed by atoms with E-state index in [1.165, 1.54) is 45.3 Å². The molecule has 1 aliphatic rings. The van der Waals surface area contributed by atoms with Crippen LogP contribution in [0.5, 0.6) is 5.75 Å². The van der Waals surface area contributed by atoms with Gasteiger partial charge in [0.1, 0.15) is 58.2 Å². The highest BCUT2D eigenvalue weighted by Gasteiger charge is 2.44. The Morgan fingerprint density at radius 3 is 1.86 bits per heavy atom. The van der Waals surface area contributed by atoms with E-state index in [2.05, 4.69) is 69.0 Å². The average Bonchev–Trinajstić information content (AvgIpc) is 1.60. The van der Waals surface area contributed by atoms with E-state index < -0.39 is 199 Å². The third-order valence-electron chi connectivity index (χ3n) is 26.3. The van der Waals surface area contributed by atoms with Gasteiger partial charge in [0.15, 0.2) is 23.2 Å². The predicted octanol–water partition coefficient (Wildman–Crippen LogP) is 9.08. The van der Waals surface area contributed by atoms with Gasteiger partial charge in [0.2, 0.25) is 41.4 Å². The second kappa shape index (κ2) is 61.3. The Morgan fingerprint density at radius 2 is 1.20 bits per heavy atom. The molecule has 0 radical (unpaired) electrons. The molecule has 0 saturated heterocycles. The number of aryl methyl sites for hydroxylation is 4. The van der Waals surface area contributed by atoms with Crippen LogP contribution in [0.1, 0.15) is 219 Å². The maximum Gasteiger partial charge on any atom is 0.305 e. The van der Waals surface area contributed by atoms with Crippen molar-refractivity contribution < 1.29 is 120 Å². The molecule has 13 N–H and O–H groups in total. The Bertz CT molecular complexity index is 5920. The van der Waals surface area contributed by atoms with Gasteiger partial charge in [-0.1, -0.05) is 139 Å². The lowest BCUT2D eigenvalue weighted by atomic mass is 9.76. The fourth-order valence-electron chi connectivity index (χ4n) is 17.6. The van der Waals surface area contributed by atoms with Crippen molar-refractivity contribution in [2.45, 2.75) is 252 Å². The van der Waals surface area contributed by atoms with Crippen molar-refractivity contribution in [2.75, 3.05) is 77.5 Å². The van der Waals surface area contributed by atoms with Crippen molar-refractivity contribution >= 4 is 93.5 Å². The van der Waals surface area contributed by atoms with E-state index in [4.69, 9.17) is 29.4 Å². The number of nitrogens with zero attached hydrogens (tertiary/aromatic N) is 5. The number of nitrogens with one attached hydrogen (secondary N) is 7. The van der Waals surface area contributed by atoms with Crippen LogP contribution in [0.3, 0.4) is 0 Å². The molecule has 0 unspecified atom stereocenters. The Balaban J connectivity index is 0.734. The number of aliphatic hydroxyl groups excluding tert-OH is 3. The first-order chi connectivity index (χ1) is 71.8. The van der Waals surface area contributed by atoms with Crippen LogP contribution in [-0.2, 0) is 136 Å². The maximum absolute atomic E-state index is 15.7. The molecule has 8 aromatic rings. The summed E-state index contributed by atoms with van der Waals surface area (Å²) in [5, 5.41) is 69.6. The summed E-state index contributed by atoms with van der Waals surface area (Å²) < 4.78 is 44.4. The van der Waals surface area contributed by atoms with Crippen LogP contribution in [0.25, 0.3) is 11.1 Å². The van der Waals surface area contributed by atoms with E-state index >= 15 is 4.39 Å². The largest absolute Gasteiger partial charge is 0.494 e. The molecular formula is C112H142FN13O24. The van der Waals surface area contributed by atoms with Gasteiger partial charge >= 0.3 is 5.97 Å². The number of hydrogen-bond donors (Lipinski definition) is 12. The highest BCUT2D eigenvalue weighted by Crippen LogP contribution is 2.35. The molecule has 0 aliphatic carbocycles. The number of aromatic amines is 2. The lowest BCUT2D eigenvalue weighted by Crippen LogP contribution is -2.55. The number of carboxylic acid groups (broad SMARTS) is 1. The molecule has 1 aliphatic heterocycles. The van der Waals surface area contributed by atoms with E-state index in [0.29, 0.717) is 129 Å². The number of Topliss-reactive ketones (excluding diaryl/α,β-unsaturated/α-hetero) is 7. The molecule has 0 bridgehead atoms. The number of rotatable bonds is 71. The van der Waals surface area contributed by atoms with Crippen molar-refractivity contribution in [2.24, 2.45) is 34.3 Å². The SMILES string of the molecule is CCc1cc(OCCCCCC(=O)CCOCCOCCOCCOCCCC(=O)CCC(=O)N2Cc3ccccc3C#Cc3ccccc32)ccc1-c1ccc(C[C@H](CC(=O)[C@H](CC(=O)O)NC(=O)[C@H](CO)CC(=O)[C@@H](NC(=O)[C@@](C)(CC(=O)[C@@H](NC(=O)CCC(=O)[C@@H](CC(=O)C(C)(C)C(=O)NCCc2cnc[nH]2)Cc2nn[nH]n2)[C@@H](C)O)Cc2ccccc2F)[C@@H](C)O)C(=O)N[C@@H](CCCc2cc(C)cc(C)c2)C(N)=O)cc1. The number of fused-ring (bicyclic) bond motifs is 2. The van der Waals surface area contributed by atoms with Gasteiger partial charge in [-0.05, 0) is 181 Å². The number of para-hydroxylation sites is 1. The number of amides is 7. The number of aromatic nitrogens is 6. The zero-order valence-electron chi connectivity index (χ0n) is 86.7. The van der Waals surface area contributed by atoms with Crippen molar-refractivity contribution in [3.63, 3.8) is 0 Å². The molecule has 37 nitrogen and oxygen atoms in total. The quantitative estimate of drug-likeness (QED) is 0.00960. The number of carbonyl (C=O) groups excluding carboxylic acids is 14. The molecule has 150 heavy (non-hydrogen) atoms. The lowest BCUT2D eigenvalue weighted by Gasteiger charge is -2.33. The number of H-pyrrole nitrogens is 2. The van der Waals surface area contributed by atoms with Gasteiger partial charge in [0.25, 0.3) is 0 Å². The molecule has 7 amide bonds. The normalized spacial score (nSPS) is 13.9. The Kier molecular flexibility index (Phi) is 48.8. The minimum Gasteiger partial charge on any atom is -0.494 e. The number of tetrazole rings is 1. The van der Waals surface area contributed by atoms with Gasteiger partial charge in [-0.3, -0.25) is 71.9 Å². The van der Waals surface area contributed by atoms with E-state index in [0.717, 1.165) is 87.8 Å². The lowest BCUT2D eigenvalue weighted by molar-refractivity contribution is -0.142. The number of imidazole rings is 1. The van der Waals surface area contributed by atoms with Crippen LogP contribution >= 0.6 is 0 Å². The number of carboxylic acids is 1. The number of aliphatic hydroxyl groups is 3. The van der Waals surface area contributed by atoms with Crippen LogP contribution in [-0.4, -0.2) is 248 Å². The molecule has 2 aromatic heterocycles. The summed E-state index contributed by atoms with van der Waals surface area (Å²) in [6, 6.07) is 32.4. The summed E-state index contributed by atoms with van der Waals surface area (Å²) in [6.45, 7) is 14.7. The number of benzene rings is 6. The average molecular weight is 2070 g/mol. The number of hydrogen-bond acceptors (Lipinski definition) is 27. The first kappa shape index (κ1) is 120. The number of unbranched alkanes of at least 4 members (excludes halogenated alkanes) is 2. The van der Waals surface area contributed by atoms with Crippen molar-refractivity contribution in [3.8, 4) is 28.7 Å². The van der Waals surface area contributed by atoms with Gasteiger partial charge in [0.05, 0.1) is 114 Å². The van der Waals surface area contributed by atoms with E-state index in [1.807, 2.05) is 118 Å². The van der Waals surface area contributed by atoms with Gasteiger partial charge in [0, 0.05) is 131 Å². The Labute approximate surface area is 872 Å². The number of ketones is 7. The van der Waals surface area contributed by atoms with Crippen LogP contribution in [0, 0.1) is 60.1 Å². The number of halogens is 1. The number of carbonyl (C=O) groups is 15. The molecule has 0 spiro atoms. The minimum absolute atomic E-state index is 0.00252. The van der Waals surface area contributed by atoms with Crippen molar-refractivity contribution in [1.29, 1.82) is 0 Å². The first-order valence-corrected chi connectivity index (χ1v) is 51.1. The predicted molar refractivity (Wildman–Crippen MR) is 552 cm³/mol. The smallest absolute Gasteiger partial charge is 0.305 e. The number of aliphatic carboxylic acids is 1. The van der Waals surface area contributed by atoms with E-state index in [1.54, 1.807) is 23.2 Å². The molecule has 38 heteroatoms. The van der Waals surface area contributed by atoms with Gasteiger partial charge in [-0.25, -0.2) is 9.37 Å². The van der Waals surface area contributed by atoms with Crippen LogP contribution in [0.15, 0.2) is 146 Å². The highest BCUT2D eigenvalue weighted by molar-refractivity contribution is 6.07. The highest BCUT2D eigenvalue weighted by atomic mass is 19.1. The summed E-state index contributed by atoms with van der Waals surface area (Å²) in [5.74, 6) is -9.75. The Hall–Kier alpha value is -13.9. The standard InChI is InChI=1S/C112H142FN13O24/c1-9-77-59-89(150-47-18-10-11-26-88(131)44-48-147-50-52-149-54-53-148-51-49-146-46-20-27-87(130)37-42-102(138)126-68-82-25-13-12-22-78(82)35-36-80-23-15-17-30-94(80)126)38-39-90(77)79-33-31-75(32-34-79)58-84(107(142)118-92(106(114)141)29-19-21-76-56-71(2)55-72(3)57-76)60-96(133)93(64-103(139)140)119-108(143)85(69-127)61-97(134)104(73(4)128)121-110(145)112(8,65-81-24-14-16-28-91(81)113)66-98(135)105(74(5)129)120-101(137)41-40-95(132)83(63-100-122-124-125-123-100)62-99(136)111(6,7)109(144)116-45-43-86-67-115-70-117-86/h12-17,22-25,28,30-34,38-39,55-57,59,67,70,73-74,83-85,92-93,104-105,127-129H,9-11,18-21,26-27,29,37,40-54,58,60-66,68-69H2,1-8H3,(H2,114,141)(H,115,117)(H,116,144)(H,118,142)(H,119,143)(H,120,137)(H,121,145)(H,139,140)(H,122,123,124,125)/t73-,74-,83+,84-,85+,92+,93+,104+,105+,112-/m1/s1. The molecule has 806 valence electrons. The first-order valence-electron chi connectivity index (χ1n) is 51.1. The molecular weight excluding hydrogens is 1930 g/mol. The molecule has 0 saturated carbocycles. The maximum atomic E-state index is 15.7. The third kappa shape index (κ3) is 39.2. The van der Waals surface area contributed by atoms with Crippen molar-refractivity contribution in [3.05, 3.63) is 213 Å². The van der Waals surface area contributed by atoms with Gasteiger partial charge in [-0.15, -0.1) is 10.2 Å². The summed E-state index contributed by atoms with van der Waals surface area (Å²) in [4.78, 5) is 216. The monoisotopic (exact) mass is 2070 g/mol. The van der Waals surface area contributed by atoms with Gasteiger partial charge < -0.3 is 86.3 Å². The molecule has 3 heterocycles. The fourth-order valence-corrected chi connectivity index (χ4v) is 17.6. The number of nitrogens with two attached hydrogens (primary N) is 1. The zero-order chi connectivity index (χ0) is 109. The summed E-state index contributed by atoms with van der Waals surface area (Å²) in [7, 11) is 0. The molecule has 6 aromatic carbocycles. The summed E-state index contributed by atoms with van der Waals surface area (Å²) in [5.41, 5.74) is 12.3. The van der Waals surface area contributed by atoms with Gasteiger partial charge in [-0.2, -0.15) is 5.21 Å². The number of anilines is 1. The molecule has 10 atom stereocenters. The second-order valence-electron chi connectivity index (χ2n) is 38.9. The number of primary amides is 1. The topological polar surface area (TPSA) is 556 Å². The second-order valence-corrected chi connectivity index (χ2v) is 38.9. The summed E-state index contributed by atoms with van der Waals surface area (Å²) in [6.07, 6.45) is -0.909. The van der Waals surface area contributed by atoms with Crippen molar-refractivity contribution in [1.82, 2.24) is 57.2 Å². The van der Waals surface area contributed by atoms with Crippen LogP contribution in [0.4, 0.5) is 10.1 Å². The third-order valence-corrected chi connectivity index (χ3v) is 26.3.